The van der Waals surface area contributed by atoms with E-state index < -0.39 is 7.81 Å². The molecule has 130 valence electrons. The standard InChI is InChI=1S/C12H16ClNO.F6P/c13-11-6-7-14-12(8-11)15-9-10-4-2-1-3-5-10;1-7(2,3,4,5)6/h6-8,10H,1-5,9H2;/q;-1/p+1. The monoisotopic (exact) mass is 371 g/mol. The van der Waals surface area contributed by atoms with E-state index in [0.29, 0.717) is 16.8 Å². The van der Waals surface area contributed by atoms with E-state index >= 15 is 0 Å². The molecule has 0 spiro atoms. The molecule has 1 heterocycles. The van der Waals surface area contributed by atoms with Gasteiger partial charge in [-0.15, -0.1) is 0 Å². The number of nitrogens with zero attached hydrogens (tertiary/aromatic N) is 1. The van der Waals surface area contributed by atoms with Gasteiger partial charge in [-0.1, -0.05) is 30.9 Å². The second kappa shape index (κ2) is 6.40. The van der Waals surface area contributed by atoms with Crippen LogP contribution in [0.1, 0.15) is 33.5 Å². The quantitative estimate of drug-likeness (QED) is 0.414. The van der Waals surface area contributed by atoms with Crippen LogP contribution < -0.4 is 4.74 Å². The SMILES string of the molecule is Clc1ccnc(OCC2CCCCC2)c1.F[P-](F)(F)(F)(F)F.[H+]. The van der Waals surface area contributed by atoms with Crippen molar-refractivity contribution in [1.29, 1.82) is 0 Å². The van der Waals surface area contributed by atoms with Crippen molar-refractivity contribution >= 4 is 19.4 Å². The van der Waals surface area contributed by atoms with Gasteiger partial charge in [-0.2, -0.15) is 0 Å². The van der Waals surface area contributed by atoms with Gasteiger partial charge in [0.15, 0.2) is 0 Å². The summed E-state index contributed by atoms with van der Waals surface area (Å²) in [6, 6.07) is 3.53. The number of pyridine rings is 1. The zero-order valence-electron chi connectivity index (χ0n) is 12.5. The Morgan fingerprint density at radius 2 is 1.68 bits per heavy atom. The normalized spacial score (nSPS) is 19.4. The van der Waals surface area contributed by atoms with Gasteiger partial charge in [-0.25, -0.2) is 4.98 Å². The van der Waals surface area contributed by atoms with Crippen molar-refractivity contribution in [3.63, 3.8) is 0 Å². The van der Waals surface area contributed by atoms with E-state index in [1.807, 2.05) is 0 Å². The first-order valence-corrected chi connectivity index (χ1v) is 9.01. The zero-order valence-corrected chi connectivity index (χ0v) is 13.2. The minimum atomic E-state index is -10.7. The number of aromatic nitrogens is 1. The molecule has 0 N–H and O–H groups in total. The third-order valence-corrected chi connectivity index (χ3v) is 3.12. The molecule has 1 aromatic rings. The Balaban J connectivity index is 0.000000522. The van der Waals surface area contributed by atoms with Crippen molar-refractivity contribution in [1.82, 2.24) is 4.98 Å². The first-order chi connectivity index (χ1) is 9.79. The first kappa shape index (κ1) is 19.3. The molecular weight excluding hydrogens is 355 g/mol. The number of halogens is 7. The van der Waals surface area contributed by atoms with E-state index in [1.165, 1.54) is 32.1 Å². The Labute approximate surface area is 130 Å². The van der Waals surface area contributed by atoms with Gasteiger partial charge in [-0.05, 0) is 24.8 Å². The van der Waals surface area contributed by atoms with Crippen molar-refractivity contribution in [3.8, 4) is 5.88 Å². The van der Waals surface area contributed by atoms with Gasteiger partial charge in [0, 0.05) is 17.3 Å². The van der Waals surface area contributed by atoms with Crippen LogP contribution in [0, 0.1) is 5.92 Å². The first-order valence-electron chi connectivity index (χ1n) is 6.60. The molecule has 0 aliphatic heterocycles. The van der Waals surface area contributed by atoms with Crippen LogP contribution in [0.3, 0.4) is 0 Å². The van der Waals surface area contributed by atoms with Gasteiger partial charge in [-0.3, -0.25) is 0 Å². The van der Waals surface area contributed by atoms with E-state index in [4.69, 9.17) is 16.3 Å². The average molecular weight is 372 g/mol. The molecule has 1 aliphatic carbocycles. The van der Waals surface area contributed by atoms with Crippen LogP contribution >= 0.6 is 19.4 Å². The smallest absolute Gasteiger partial charge is 1.00 e. The molecule has 0 amide bonds. The molecule has 0 atom stereocenters. The molecule has 0 radical (unpaired) electrons. The Bertz CT molecular complexity index is 483. The molecule has 2 rings (SSSR count). The van der Waals surface area contributed by atoms with Crippen molar-refractivity contribution in [2.24, 2.45) is 5.92 Å². The van der Waals surface area contributed by atoms with Gasteiger partial charge in [0.1, 0.15) is 0 Å². The predicted octanol–water partition coefficient (Wildman–Crippen LogP) is 7.19. The van der Waals surface area contributed by atoms with Gasteiger partial charge >= 0.3 is 34.4 Å². The van der Waals surface area contributed by atoms with Crippen LogP contribution in [-0.4, -0.2) is 11.6 Å². The largest absolute Gasteiger partial charge is 1.00 e. The fourth-order valence-electron chi connectivity index (χ4n) is 2.02. The number of ether oxygens (including phenoxy) is 1. The summed E-state index contributed by atoms with van der Waals surface area (Å²) in [6.45, 7) is 0.785. The summed E-state index contributed by atoms with van der Waals surface area (Å²) in [4.78, 5) is 4.12. The molecule has 1 aliphatic rings. The molecular formula is C12H17ClF6NOP. The second-order valence-corrected chi connectivity index (χ2v) is 7.44. The Morgan fingerprint density at radius 3 is 2.18 bits per heavy atom. The van der Waals surface area contributed by atoms with Crippen LogP contribution in [0.5, 0.6) is 5.88 Å². The summed E-state index contributed by atoms with van der Waals surface area (Å²) in [6.07, 6.45) is 8.33. The summed E-state index contributed by atoms with van der Waals surface area (Å²) in [5.41, 5.74) is 0. The Kier molecular flexibility index (Phi) is 5.61. The number of rotatable bonds is 3. The second-order valence-electron chi connectivity index (χ2n) is 5.09. The molecule has 2 nitrogen and oxygen atoms in total. The minimum Gasteiger partial charge on any atom is 1.00 e. The average Bonchev–Trinajstić information content (AvgIpc) is 2.34. The molecule has 0 unspecified atom stereocenters. The topological polar surface area (TPSA) is 22.1 Å². The molecule has 10 heteroatoms. The molecule has 1 saturated carbocycles. The molecule has 1 fully saturated rings. The summed E-state index contributed by atoms with van der Waals surface area (Å²) in [5, 5.41) is 0.684. The van der Waals surface area contributed by atoms with E-state index in [9.17, 15) is 25.2 Å². The van der Waals surface area contributed by atoms with Crippen LogP contribution in [0.25, 0.3) is 0 Å². The number of hydrogen-bond donors (Lipinski definition) is 0. The molecule has 0 saturated heterocycles. The molecule has 1 aromatic heterocycles. The van der Waals surface area contributed by atoms with E-state index in [1.54, 1.807) is 18.3 Å². The van der Waals surface area contributed by atoms with Crippen LogP contribution in [0.4, 0.5) is 25.2 Å². The van der Waals surface area contributed by atoms with E-state index in [0.717, 1.165) is 6.61 Å². The molecule has 0 bridgehead atoms. The molecule has 22 heavy (non-hydrogen) atoms. The third kappa shape index (κ3) is 13.0. The van der Waals surface area contributed by atoms with E-state index in [-0.39, 0.29) is 1.43 Å². The third-order valence-electron chi connectivity index (χ3n) is 2.89. The maximum absolute atomic E-state index is 10.7. The van der Waals surface area contributed by atoms with Gasteiger partial charge in [0.25, 0.3) is 0 Å². The van der Waals surface area contributed by atoms with Gasteiger partial charge < -0.3 is 4.74 Å². The molecule has 0 aromatic carbocycles. The fourth-order valence-corrected chi connectivity index (χ4v) is 2.17. The van der Waals surface area contributed by atoms with Crippen molar-refractivity contribution < 1.29 is 31.3 Å². The van der Waals surface area contributed by atoms with Crippen molar-refractivity contribution in [2.45, 2.75) is 32.1 Å². The fraction of sp³-hybridized carbons (Fsp3) is 0.583. The summed E-state index contributed by atoms with van der Waals surface area (Å²) < 4.78 is 64.8. The summed E-state index contributed by atoms with van der Waals surface area (Å²) in [7, 11) is -10.7. The Hall–Kier alpha value is -0.750. The van der Waals surface area contributed by atoms with Gasteiger partial charge in [0.05, 0.1) is 6.61 Å². The van der Waals surface area contributed by atoms with Crippen LogP contribution in [-0.2, 0) is 0 Å². The maximum atomic E-state index is 9.87. The summed E-state index contributed by atoms with van der Waals surface area (Å²) in [5.74, 6) is 1.35. The minimum absolute atomic E-state index is 0. The van der Waals surface area contributed by atoms with Crippen molar-refractivity contribution in [3.05, 3.63) is 23.4 Å². The van der Waals surface area contributed by atoms with Crippen LogP contribution in [0.2, 0.25) is 5.02 Å². The van der Waals surface area contributed by atoms with Gasteiger partial charge in [0.2, 0.25) is 5.88 Å². The summed E-state index contributed by atoms with van der Waals surface area (Å²) >= 11 is 5.85. The van der Waals surface area contributed by atoms with Crippen molar-refractivity contribution in [2.75, 3.05) is 6.61 Å². The number of hydrogen-bond acceptors (Lipinski definition) is 2. The van der Waals surface area contributed by atoms with E-state index in [2.05, 4.69) is 4.98 Å². The predicted molar refractivity (Wildman–Crippen MR) is 76.0 cm³/mol. The van der Waals surface area contributed by atoms with Crippen LogP contribution in [0.15, 0.2) is 18.3 Å². The Morgan fingerprint density at radius 1 is 1.14 bits per heavy atom. The zero-order chi connectivity index (χ0) is 16.9. The maximum Gasteiger partial charge on any atom is 1.00 e.